The summed E-state index contributed by atoms with van der Waals surface area (Å²) in [5.74, 6) is -0.302. The van der Waals surface area contributed by atoms with Crippen LogP contribution in [0.1, 0.15) is 19.8 Å². The van der Waals surface area contributed by atoms with Gasteiger partial charge in [-0.05, 0) is 12.5 Å². The van der Waals surface area contributed by atoms with E-state index in [1.807, 2.05) is 0 Å². The lowest BCUT2D eigenvalue weighted by Crippen LogP contribution is -2.03. The van der Waals surface area contributed by atoms with Crippen molar-refractivity contribution in [3.8, 4) is 0 Å². The molecule has 1 rings (SSSR count). The van der Waals surface area contributed by atoms with Crippen LogP contribution in [-0.4, -0.2) is 18.4 Å². The smallest absolute Gasteiger partial charge is 0.332 e. The molecule has 0 aliphatic carbocycles. The fourth-order valence-electron chi connectivity index (χ4n) is 0.746. The summed E-state index contributed by atoms with van der Waals surface area (Å²) in [7, 11) is 0. The minimum absolute atomic E-state index is 0.302. The van der Waals surface area contributed by atoms with E-state index in [0.717, 1.165) is 12.8 Å². The Hall–Kier alpha value is -1.12. The van der Waals surface area contributed by atoms with Crippen LogP contribution in [0, 0.1) is 0 Å². The number of aliphatic imine (C=N–C) groups is 1. The van der Waals surface area contributed by atoms with E-state index in [9.17, 15) is 4.79 Å². The van der Waals surface area contributed by atoms with E-state index in [0.29, 0.717) is 0 Å². The van der Waals surface area contributed by atoms with Crippen molar-refractivity contribution in [1.29, 1.82) is 0 Å². The number of nitrogens with zero attached hydrogens (tertiary/aromatic N) is 1. The van der Waals surface area contributed by atoms with Crippen molar-refractivity contribution in [2.45, 2.75) is 26.0 Å². The molecule has 0 aromatic rings. The van der Waals surface area contributed by atoms with Gasteiger partial charge in [0.25, 0.3) is 0 Å². The lowest BCUT2D eigenvalue weighted by atomic mass is 10.4. The van der Waals surface area contributed by atoms with Gasteiger partial charge in [-0.2, -0.15) is 0 Å². The monoisotopic (exact) mass is 153 g/mol. The molecular formula is C8H11NO2. The topological polar surface area (TPSA) is 38.7 Å². The molecule has 0 fully saturated rings. The van der Waals surface area contributed by atoms with Crippen LogP contribution in [0.2, 0.25) is 0 Å². The van der Waals surface area contributed by atoms with Crippen molar-refractivity contribution in [3.63, 3.8) is 0 Å². The molecule has 1 atom stereocenters. The van der Waals surface area contributed by atoms with Crippen LogP contribution in [0.4, 0.5) is 0 Å². The predicted molar refractivity (Wildman–Crippen MR) is 42.4 cm³/mol. The summed E-state index contributed by atoms with van der Waals surface area (Å²) in [6, 6.07) is 0. The van der Waals surface area contributed by atoms with Crippen LogP contribution in [-0.2, 0) is 9.53 Å². The molecule has 0 spiro atoms. The maximum Gasteiger partial charge on any atom is 0.332 e. The zero-order valence-corrected chi connectivity index (χ0v) is 6.49. The number of carbonyl (C=O) groups is 1. The third-order valence-electron chi connectivity index (χ3n) is 1.30. The minimum atomic E-state index is -0.367. The van der Waals surface area contributed by atoms with Crippen molar-refractivity contribution in [3.05, 3.63) is 12.2 Å². The van der Waals surface area contributed by atoms with Crippen LogP contribution in [0.5, 0.6) is 0 Å². The molecule has 0 saturated carbocycles. The summed E-state index contributed by atoms with van der Waals surface area (Å²) < 4.78 is 4.76. The van der Waals surface area contributed by atoms with Crippen molar-refractivity contribution < 1.29 is 9.53 Å². The number of hydrogen-bond donors (Lipinski definition) is 0. The van der Waals surface area contributed by atoms with Gasteiger partial charge in [-0.1, -0.05) is 13.3 Å². The van der Waals surface area contributed by atoms with E-state index >= 15 is 0 Å². The van der Waals surface area contributed by atoms with E-state index < -0.39 is 0 Å². The molecule has 0 aromatic heterocycles. The maximum atomic E-state index is 10.5. The summed E-state index contributed by atoms with van der Waals surface area (Å²) in [4.78, 5) is 14.5. The second-order valence-corrected chi connectivity index (χ2v) is 2.31. The van der Waals surface area contributed by atoms with Crippen molar-refractivity contribution in [2.75, 3.05) is 0 Å². The van der Waals surface area contributed by atoms with Gasteiger partial charge in [-0.25, -0.2) is 4.79 Å². The standard InChI is InChI=1S/C8H11NO2/c1-2-3-6-9-7-4-5-8(10)11-7/h4-7H,2-3H2,1H3/b9-6+. The van der Waals surface area contributed by atoms with Gasteiger partial charge >= 0.3 is 5.97 Å². The predicted octanol–water partition coefficient (Wildman–Crippen LogP) is 1.30. The Balaban J connectivity index is 2.29. The van der Waals surface area contributed by atoms with Crippen LogP contribution >= 0.6 is 0 Å². The highest BCUT2D eigenvalue weighted by atomic mass is 16.6. The third-order valence-corrected chi connectivity index (χ3v) is 1.30. The summed E-state index contributed by atoms with van der Waals surface area (Å²) in [5.41, 5.74) is 0. The molecule has 0 bridgehead atoms. The van der Waals surface area contributed by atoms with Crippen LogP contribution < -0.4 is 0 Å². The molecule has 0 saturated heterocycles. The van der Waals surface area contributed by atoms with E-state index in [1.54, 1.807) is 12.3 Å². The summed E-state index contributed by atoms with van der Waals surface area (Å²) in [6.07, 6.45) is 6.46. The number of cyclic esters (lactones) is 1. The molecule has 60 valence electrons. The summed E-state index contributed by atoms with van der Waals surface area (Å²) in [5, 5.41) is 0. The molecule has 0 aromatic carbocycles. The first-order valence-electron chi connectivity index (χ1n) is 3.73. The van der Waals surface area contributed by atoms with Gasteiger partial charge in [0.05, 0.1) is 0 Å². The molecule has 3 nitrogen and oxygen atoms in total. The van der Waals surface area contributed by atoms with Gasteiger partial charge < -0.3 is 4.74 Å². The third kappa shape index (κ3) is 2.53. The first-order valence-corrected chi connectivity index (χ1v) is 3.73. The van der Waals surface area contributed by atoms with Crippen molar-refractivity contribution >= 4 is 12.2 Å². The summed E-state index contributed by atoms with van der Waals surface area (Å²) in [6.45, 7) is 2.07. The highest BCUT2D eigenvalue weighted by molar-refractivity contribution is 5.84. The molecule has 1 aliphatic heterocycles. The molecular weight excluding hydrogens is 142 g/mol. The van der Waals surface area contributed by atoms with E-state index in [2.05, 4.69) is 11.9 Å². The Morgan fingerprint density at radius 3 is 3.18 bits per heavy atom. The molecule has 0 N–H and O–H groups in total. The molecule has 3 heteroatoms. The molecule has 0 radical (unpaired) electrons. The number of esters is 1. The SMILES string of the molecule is CCC/C=N/C1C=CC(=O)O1. The highest BCUT2D eigenvalue weighted by Crippen LogP contribution is 2.05. The molecule has 0 amide bonds. The Kier molecular flexibility index (Phi) is 2.83. The van der Waals surface area contributed by atoms with Gasteiger partial charge in [0.15, 0.2) is 0 Å². The Bertz CT molecular complexity index is 196. The Morgan fingerprint density at radius 1 is 1.82 bits per heavy atom. The molecule has 1 unspecified atom stereocenters. The normalized spacial score (nSPS) is 23.0. The number of carbonyl (C=O) groups excluding carboxylic acids is 1. The van der Waals surface area contributed by atoms with Crippen molar-refractivity contribution in [1.82, 2.24) is 0 Å². The van der Waals surface area contributed by atoms with Gasteiger partial charge in [0.2, 0.25) is 6.23 Å². The second-order valence-electron chi connectivity index (χ2n) is 2.31. The fourth-order valence-corrected chi connectivity index (χ4v) is 0.746. The largest absolute Gasteiger partial charge is 0.433 e. The average molecular weight is 153 g/mol. The molecule has 11 heavy (non-hydrogen) atoms. The number of ether oxygens (including phenoxy) is 1. The zero-order chi connectivity index (χ0) is 8.10. The first-order chi connectivity index (χ1) is 5.33. The quantitative estimate of drug-likeness (QED) is 0.452. The van der Waals surface area contributed by atoms with Gasteiger partial charge in [0.1, 0.15) is 0 Å². The molecule has 1 aliphatic rings. The van der Waals surface area contributed by atoms with Crippen molar-refractivity contribution in [2.24, 2.45) is 4.99 Å². The number of hydrogen-bond acceptors (Lipinski definition) is 3. The Labute approximate surface area is 65.8 Å². The number of unbranched alkanes of at least 4 members (excludes halogenated alkanes) is 1. The number of rotatable bonds is 3. The van der Waals surface area contributed by atoms with Crippen LogP contribution in [0.15, 0.2) is 17.1 Å². The van der Waals surface area contributed by atoms with E-state index in [1.165, 1.54) is 6.08 Å². The lowest BCUT2D eigenvalue weighted by Gasteiger charge is -1.99. The van der Waals surface area contributed by atoms with Gasteiger partial charge in [-0.3, -0.25) is 4.99 Å². The zero-order valence-electron chi connectivity index (χ0n) is 6.49. The van der Waals surface area contributed by atoms with E-state index in [4.69, 9.17) is 4.74 Å². The van der Waals surface area contributed by atoms with Gasteiger partial charge in [-0.15, -0.1) is 0 Å². The molecule has 1 heterocycles. The fraction of sp³-hybridized carbons (Fsp3) is 0.500. The lowest BCUT2D eigenvalue weighted by molar-refractivity contribution is -0.138. The minimum Gasteiger partial charge on any atom is -0.433 e. The Morgan fingerprint density at radius 2 is 2.64 bits per heavy atom. The highest BCUT2D eigenvalue weighted by Gasteiger charge is 2.13. The summed E-state index contributed by atoms with van der Waals surface area (Å²) >= 11 is 0. The van der Waals surface area contributed by atoms with E-state index in [-0.39, 0.29) is 12.2 Å². The first kappa shape index (κ1) is 7.98. The second kappa shape index (κ2) is 3.91. The van der Waals surface area contributed by atoms with Crippen LogP contribution in [0.25, 0.3) is 0 Å². The van der Waals surface area contributed by atoms with Gasteiger partial charge in [0, 0.05) is 12.3 Å². The average Bonchev–Trinajstić information content (AvgIpc) is 2.37. The van der Waals surface area contributed by atoms with Crippen LogP contribution in [0.3, 0.4) is 0 Å². The maximum absolute atomic E-state index is 10.5.